The molecular weight excluding hydrogens is 200 g/mol. The van der Waals surface area contributed by atoms with Gasteiger partial charge in [-0.1, -0.05) is 0 Å². The molecule has 2 rings (SSSR count). The van der Waals surface area contributed by atoms with Crippen molar-refractivity contribution in [2.45, 2.75) is 19.9 Å². The van der Waals surface area contributed by atoms with E-state index in [2.05, 4.69) is 9.97 Å². The lowest BCUT2D eigenvalue weighted by Crippen LogP contribution is -2.17. The maximum atomic E-state index is 6.19. The molecular formula is C12H16N4. The molecule has 0 aromatic carbocycles. The summed E-state index contributed by atoms with van der Waals surface area (Å²) in [6.07, 6.45) is 3.66. The lowest BCUT2D eigenvalue weighted by atomic mass is 10.1. The number of nitrogens with zero attached hydrogens (tertiary/aromatic N) is 3. The van der Waals surface area contributed by atoms with E-state index in [1.54, 1.807) is 6.20 Å². The van der Waals surface area contributed by atoms with E-state index in [9.17, 15) is 0 Å². The van der Waals surface area contributed by atoms with Crippen LogP contribution in [0.1, 0.15) is 28.8 Å². The molecule has 16 heavy (non-hydrogen) atoms. The normalized spacial score (nSPS) is 12.8. The predicted molar refractivity (Wildman–Crippen MR) is 62.9 cm³/mol. The Balaban J connectivity index is 2.41. The van der Waals surface area contributed by atoms with Crippen LogP contribution in [0.25, 0.3) is 0 Å². The summed E-state index contributed by atoms with van der Waals surface area (Å²) in [4.78, 5) is 8.61. The highest BCUT2D eigenvalue weighted by Gasteiger charge is 2.13. The Morgan fingerprint density at radius 2 is 1.88 bits per heavy atom. The summed E-state index contributed by atoms with van der Waals surface area (Å²) < 4.78 is 1.94. The second-order valence-electron chi connectivity index (χ2n) is 4.06. The standard InChI is InChI=1S/C12H16N4/c1-8-6-10(7-9(2)15-8)11(13)12-14-4-5-16(12)3/h4-7,11H,13H2,1-3H3. The van der Waals surface area contributed by atoms with Crippen molar-refractivity contribution in [3.8, 4) is 0 Å². The summed E-state index contributed by atoms with van der Waals surface area (Å²) in [7, 11) is 1.95. The van der Waals surface area contributed by atoms with Crippen LogP contribution in [0.2, 0.25) is 0 Å². The Morgan fingerprint density at radius 3 is 2.38 bits per heavy atom. The van der Waals surface area contributed by atoms with Gasteiger partial charge in [-0.25, -0.2) is 4.98 Å². The van der Waals surface area contributed by atoms with Gasteiger partial charge in [-0.2, -0.15) is 0 Å². The third-order valence-corrected chi connectivity index (χ3v) is 2.60. The first kappa shape index (κ1) is 10.8. The fraction of sp³-hybridized carbons (Fsp3) is 0.333. The van der Waals surface area contributed by atoms with Crippen LogP contribution in [0.15, 0.2) is 24.5 Å². The molecule has 0 aliphatic heterocycles. The van der Waals surface area contributed by atoms with E-state index in [0.717, 1.165) is 22.8 Å². The maximum absolute atomic E-state index is 6.19. The summed E-state index contributed by atoms with van der Waals surface area (Å²) in [5, 5.41) is 0. The number of hydrogen-bond acceptors (Lipinski definition) is 3. The summed E-state index contributed by atoms with van der Waals surface area (Å²) in [6.45, 7) is 3.95. The zero-order valence-electron chi connectivity index (χ0n) is 9.81. The van der Waals surface area contributed by atoms with Crippen LogP contribution in [-0.4, -0.2) is 14.5 Å². The van der Waals surface area contributed by atoms with Crippen molar-refractivity contribution < 1.29 is 0 Å². The van der Waals surface area contributed by atoms with Crippen LogP contribution in [0, 0.1) is 13.8 Å². The smallest absolute Gasteiger partial charge is 0.129 e. The monoisotopic (exact) mass is 216 g/mol. The van der Waals surface area contributed by atoms with Crippen molar-refractivity contribution in [2.75, 3.05) is 0 Å². The van der Waals surface area contributed by atoms with Gasteiger partial charge < -0.3 is 10.3 Å². The molecule has 0 fully saturated rings. The largest absolute Gasteiger partial charge is 0.336 e. The van der Waals surface area contributed by atoms with Gasteiger partial charge >= 0.3 is 0 Å². The molecule has 2 aromatic heterocycles. The Labute approximate surface area is 95.1 Å². The summed E-state index contributed by atoms with van der Waals surface area (Å²) in [5.74, 6) is 0.866. The van der Waals surface area contributed by atoms with Crippen LogP contribution < -0.4 is 5.73 Å². The molecule has 0 aliphatic rings. The van der Waals surface area contributed by atoms with Crippen LogP contribution in [0.3, 0.4) is 0 Å². The molecule has 1 atom stereocenters. The first-order valence-electron chi connectivity index (χ1n) is 5.26. The Kier molecular flexibility index (Phi) is 2.75. The van der Waals surface area contributed by atoms with Gasteiger partial charge in [0.1, 0.15) is 5.82 Å². The van der Waals surface area contributed by atoms with E-state index < -0.39 is 0 Å². The second-order valence-corrected chi connectivity index (χ2v) is 4.06. The molecule has 0 saturated heterocycles. The van der Waals surface area contributed by atoms with Gasteiger partial charge in [0.05, 0.1) is 6.04 Å². The predicted octanol–water partition coefficient (Wildman–Crippen LogP) is 1.48. The van der Waals surface area contributed by atoms with Crippen molar-refractivity contribution in [3.63, 3.8) is 0 Å². The number of pyridine rings is 1. The van der Waals surface area contributed by atoms with Gasteiger partial charge in [0.15, 0.2) is 0 Å². The van der Waals surface area contributed by atoms with Gasteiger partial charge in [-0.15, -0.1) is 0 Å². The van der Waals surface area contributed by atoms with Gasteiger partial charge in [0.25, 0.3) is 0 Å². The van der Waals surface area contributed by atoms with E-state index in [-0.39, 0.29) is 6.04 Å². The Bertz CT molecular complexity index is 481. The minimum absolute atomic E-state index is 0.194. The van der Waals surface area contributed by atoms with Gasteiger partial charge in [0.2, 0.25) is 0 Å². The summed E-state index contributed by atoms with van der Waals surface area (Å²) >= 11 is 0. The van der Waals surface area contributed by atoms with Crippen LogP contribution >= 0.6 is 0 Å². The van der Waals surface area contributed by atoms with Crippen LogP contribution in [0.5, 0.6) is 0 Å². The molecule has 0 bridgehead atoms. The fourth-order valence-electron chi connectivity index (χ4n) is 1.87. The molecule has 0 radical (unpaired) electrons. The minimum Gasteiger partial charge on any atom is -0.336 e. The molecule has 84 valence electrons. The highest BCUT2D eigenvalue weighted by Crippen LogP contribution is 2.18. The lowest BCUT2D eigenvalue weighted by Gasteiger charge is -2.13. The molecule has 0 spiro atoms. The highest BCUT2D eigenvalue weighted by atomic mass is 15.1. The summed E-state index contributed by atoms with van der Waals surface area (Å²) in [6, 6.07) is 3.82. The lowest BCUT2D eigenvalue weighted by molar-refractivity contribution is 0.714. The van der Waals surface area contributed by atoms with E-state index in [1.807, 2.05) is 43.8 Å². The molecule has 2 N–H and O–H groups in total. The minimum atomic E-state index is -0.194. The van der Waals surface area contributed by atoms with Crippen molar-refractivity contribution in [3.05, 3.63) is 47.3 Å². The molecule has 2 aromatic rings. The number of hydrogen-bond donors (Lipinski definition) is 1. The quantitative estimate of drug-likeness (QED) is 0.827. The number of rotatable bonds is 2. The fourth-order valence-corrected chi connectivity index (χ4v) is 1.87. The first-order chi connectivity index (χ1) is 7.58. The van der Waals surface area contributed by atoms with E-state index in [1.165, 1.54) is 0 Å². The molecule has 2 heterocycles. The molecule has 0 aliphatic carbocycles. The zero-order valence-corrected chi connectivity index (χ0v) is 9.81. The van der Waals surface area contributed by atoms with Crippen LogP contribution in [-0.2, 0) is 7.05 Å². The van der Waals surface area contributed by atoms with E-state index in [0.29, 0.717) is 0 Å². The molecule has 0 saturated carbocycles. The third-order valence-electron chi connectivity index (χ3n) is 2.60. The maximum Gasteiger partial charge on any atom is 0.129 e. The average molecular weight is 216 g/mol. The van der Waals surface area contributed by atoms with Crippen molar-refractivity contribution in [2.24, 2.45) is 12.8 Å². The second kappa shape index (κ2) is 4.06. The molecule has 4 nitrogen and oxygen atoms in total. The van der Waals surface area contributed by atoms with Gasteiger partial charge in [0, 0.05) is 30.8 Å². The average Bonchev–Trinajstić information content (AvgIpc) is 2.62. The van der Waals surface area contributed by atoms with E-state index >= 15 is 0 Å². The molecule has 0 amide bonds. The number of nitrogens with two attached hydrogens (primary N) is 1. The number of aryl methyl sites for hydroxylation is 3. The van der Waals surface area contributed by atoms with Gasteiger partial charge in [-0.05, 0) is 31.5 Å². The molecule has 4 heteroatoms. The number of aromatic nitrogens is 3. The highest BCUT2D eigenvalue weighted by molar-refractivity contribution is 5.27. The van der Waals surface area contributed by atoms with Crippen molar-refractivity contribution >= 4 is 0 Å². The van der Waals surface area contributed by atoms with Crippen molar-refractivity contribution in [1.29, 1.82) is 0 Å². The van der Waals surface area contributed by atoms with Crippen LogP contribution in [0.4, 0.5) is 0 Å². The summed E-state index contributed by atoms with van der Waals surface area (Å²) in [5.41, 5.74) is 9.21. The third kappa shape index (κ3) is 1.97. The Hall–Kier alpha value is -1.68. The van der Waals surface area contributed by atoms with Gasteiger partial charge in [-0.3, -0.25) is 4.98 Å². The Morgan fingerprint density at radius 1 is 1.25 bits per heavy atom. The topological polar surface area (TPSA) is 56.7 Å². The first-order valence-corrected chi connectivity index (χ1v) is 5.26. The van der Waals surface area contributed by atoms with Crippen molar-refractivity contribution in [1.82, 2.24) is 14.5 Å². The molecule has 1 unspecified atom stereocenters. The SMILES string of the molecule is Cc1cc(C(N)c2nccn2C)cc(C)n1. The number of imidazole rings is 1. The zero-order chi connectivity index (χ0) is 11.7. The van der Waals surface area contributed by atoms with E-state index in [4.69, 9.17) is 5.73 Å².